The van der Waals surface area contributed by atoms with Crippen LogP contribution in [-0.4, -0.2) is 57.7 Å². The van der Waals surface area contributed by atoms with Gasteiger partial charge in [-0.25, -0.2) is 5.90 Å². The molecule has 1 aliphatic rings. The zero-order chi connectivity index (χ0) is 10.0. The summed E-state index contributed by atoms with van der Waals surface area (Å²) in [5, 5.41) is 36.0. The second kappa shape index (κ2) is 4.29. The molecule has 1 saturated heterocycles. The van der Waals surface area contributed by atoms with E-state index in [9.17, 15) is 5.11 Å². The number of aliphatic hydroxyl groups is 4. The van der Waals surface area contributed by atoms with Crippen molar-refractivity contribution in [1.82, 2.24) is 0 Å². The van der Waals surface area contributed by atoms with Crippen LogP contribution in [0.2, 0.25) is 0 Å². The van der Waals surface area contributed by atoms with Crippen molar-refractivity contribution < 1.29 is 30.0 Å². The van der Waals surface area contributed by atoms with Crippen molar-refractivity contribution in [3.05, 3.63) is 0 Å². The minimum Gasteiger partial charge on any atom is -0.394 e. The van der Waals surface area contributed by atoms with E-state index in [2.05, 4.69) is 4.84 Å². The third-order valence-corrected chi connectivity index (χ3v) is 1.97. The molecule has 13 heavy (non-hydrogen) atoms. The van der Waals surface area contributed by atoms with Crippen LogP contribution in [0.1, 0.15) is 0 Å². The molecule has 1 fully saturated rings. The van der Waals surface area contributed by atoms with E-state index in [1.807, 2.05) is 0 Å². The molecule has 0 radical (unpaired) electrons. The van der Waals surface area contributed by atoms with Crippen LogP contribution in [0.5, 0.6) is 0 Å². The van der Waals surface area contributed by atoms with Gasteiger partial charge in [0.05, 0.1) is 6.61 Å². The third kappa shape index (κ3) is 1.97. The molecule has 0 saturated carbocycles. The predicted molar refractivity (Wildman–Crippen MR) is 39.0 cm³/mol. The van der Waals surface area contributed by atoms with Crippen LogP contribution in [-0.2, 0) is 9.57 Å². The van der Waals surface area contributed by atoms with Crippen LogP contribution < -0.4 is 5.90 Å². The van der Waals surface area contributed by atoms with E-state index in [4.69, 9.17) is 26.0 Å². The van der Waals surface area contributed by atoms with E-state index in [-0.39, 0.29) is 0 Å². The summed E-state index contributed by atoms with van der Waals surface area (Å²) < 4.78 is 4.72. The zero-order valence-electron chi connectivity index (χ0n) is 6.78. The summed E-state index contributed by atoms with van der Waals surface area (Å²) in [6.45, 7) is -0.566. The monoisotopic (exact) mass is 195 g/mol. The van der Waals surface area contributed by atoms with Crippen molar-refractivity contribution in [2.45, 2.75) is 30.7 Å². The molecular weight excluding hydrogens is 182 g/mol. The molecule has 1 rings (SSSR count). The summed E-state index contributed by atoms with van der Waals surface area (Å²) in [5.41, 5.74) is 0. The molecule has 0 aliphatic carbocycles. The average molecular weight is 195 g/mol. The van der Waals surface area contributed by atoms with Crippen LogP contribution in [0.25, 0.3) is 0 Å². The Hall–Kier alpha value is -0.280. The van der Waals surface area contributed by atoms with E-state index >= 15 is 0 Å². The van der Waals surface area contributed by atoms with Crippen LogP contribution in [0.3, 0.4) is 0 Å². The number of aliphatic hydroxyl groups excluding tert-OH is 4. The lowest BCUT2D eigenvalue weighted by molar-refractivity contribution is -0.151. The molecule has 2 unspecified atom stereocenters. The number of hydrogen-bond acceptors (Lipinski definition) is 7. The second-order valence-corrected chi connectivity index (χ2v) is 2.83. The van der Waals surface area contributed by atoms with E-state index < -0.39 is 37.3 Å². The first kappa shape index (κ1) is 10.8. The second-order valence-electron chi connectivity index (χ2n) is 2.83. The molecule has 0 aromatic rings. The summed E-state index contributed by atoms with van der Waals surface area (Å²) in [4.78, 5) is 4.32. The van der Waals surface area contributed by atoms with Gasteiger partial charge in [0.1, 0.15) is 24.4 Å². The quantitative estimate of drug-likeness (QED) is 0.298. The molecular formula is C6H13NO6. The fourth-order valence-corrected chi connectivity index (χ4v) is 1.25. The summed E-state index contributed by atoms with van der Waals surface area (Å²) in [6, 6.07) is 0. The van der Waals surface area contributed by atoms with Gasteiger partial charge in [0.25, 0.3) is 0 Å². The molecule has 0 spiro atoms. The lowest BCUT2D eigenvalue weighted by Gasteiger charge is -2.20. The topological polar surface area (TPSA) is 125 Å². The van der Waals surface area contributed by atoms with Gasteiger partial charge in [0.2, 0.25) is 0 Å². The van der Waals surface area contributed by atoms with E-state index in [1.165, 1.54) is 0 Å². The highest BCUT2D eigenvalue weighted by Crippen LogP contribution is 2.23. The molecule has 6 N–H and O–H groups in total. The Morgan fingerprint density at radius 3 is 2.54 bits per heavy atom. The Balaban J connectivity index is 2.64. The molecule has 78 valence electrons. The van der Waals surface area contributed by atoms with Crippen LogP contribution in [0.15, 0.2) is 0 Å². The van der Waals surface area contributed by atoms with E-state index in [1.54, 1.807) is 0 Å². The molecule has 7 nitrogen and oxygen atoms in total. The van der Waals surface area contributed by atoms with Gasteiger partial charge in [0, 0.05) is 0 Å². The lowest BCUT2D eigenvalue weighted by atomic mass is 10.1. The molecule has 0 bridgehead atoms. The number of rotatable bonds is 3. The van der Waals surface area contributed by atoms with Gasteiger partial charge >= 0.3 is 0 Å². The van der Waals surface area contributed by atoms with E-state index in [0.29, 0.717) is 0 Å². The maximum Gasteiger partial charge on any atom is 0.184 e. The minimum absolute atomic E-state index is 0.566. The lowest BCUT2D eigenvalue weighted by Crippen LogP contribution is -2.43. The molecule has 1 heterocycles. The van der Waals surface area contributed by atoms with Crippen LogP contribution in [0.4, 0.5) is 0 Å². The maximum absolute atomic E-state index is 9.20. The standard InChI is InChI=1S/C6H13NO6/c7-13-5-3(10)6(11)12-4(5)2(9)1-8/h2-6,8-11H,1,7H2/t2?,3-,4+,5?,6+/m1/s1. The van der Waals surface area contributed by atoms with Crippen molar-refractivity contribution in [2.24, 2.45) is 5.90 Å². The summed E-state index contributed by atoms with van der Waals surface area (Å²) in [6.07, 6.45) is -6.10. The fourth-order valence-electron chi connectivity index (χ4n) is 1.25. The first-order valence-corrected chi connectivity index (χ1v) is 3.78. The van der Waals surface area contributed by atoms with Gasteiger partial charge in [-0.05, 0) is 0 Å². The van der Waals surface area contributed by atoms with Crippen molar-refractivity contribution >= 4 is 0 Å². The van der Waals surface area contributed by atoms with Gasteiger partial charge in [-0.1, -0.05) is 0 Å². The fraction of sp³-hybridized carbons (Fsp3) is 1.00. The van der Waals surface area contributed by atoms with Crippen molar-refractivity contribution in [1.29, 1.82) is 0 Å². The molecule has 7 heteroatoms. The first-order chi connectivity index (χ1) is 6.11. The smallest absolute Gasteiger partial charge is 0.184 e. The Bertz CT molecular complexity index is 167. The SMILES string of the molecule is NOC1[C@H](C(O)CO)O[C@H](O)[C@@H]1O. The van der Waals surface area contributed by atoms with Crippen molar-refractivity contribution in [3.8, 4) is 0 Å². The zero-order valence-corrected chi connectivity index (χ0v) is 6.78. The normalized spacial score (nSPS) is 42.2. The summed E-state index contributed by atoms with van der Waals surface area (Å²) >= 11 is 0. The first-order valence-electron chi connectivity index (χ1n) is 3.78. The Kier molecular flexibility index (Phi) is 3.56. The average Bonchev–Trinajstić information content (AvgIpc) is 2.42. The Morgan fingerprint density at radius 2 is 2.08 bits per heavy atom. The third-order valence-electron chi connectivity index (χ3n) is 1.97. The molecule has 0 aromatic heterocycles. The highest BCUT2D eigenvalue weighted by Gasteiger charge is 2.46. The number of hydrogen-bond donors (Lipinski definition) is 5. The summed E-state index contributed by atoms with van der Waals surface area (Å²) in [7, 11) is 0. The number of ether oxygens (including phenoxy) is 1. The van der Waals surface area contributed by atoms with Crippen LogP contribution >= 0.6 is 0 Å². The van der Waals surface area contributed by atoms with Gasteiger partial charge in [-0.3, -0.25) is 4.84 Å². The largest absolute Gasteiger partial charge is 0.394 e. The van der Waals surface area contributed by atoms with E-state index in [0.717, 1.165) is 0 Å². The molecule has 0 aromatic carbocycles. The van der Waals surface area contributed by atoms with Gasteiger partial charge in [-0.2, -0.15) is 0 Å². The summed E-state index contributed by atoms with van der Waals surface area (Å²) in [5.74, 6) is 4.83. The predicted octanol–water partition coefficient (Wildman–Crippen LogP) is -3.32. The molecule has 0 amide bonds. The highest BCUT2D eigenvalue weighted by atomic mass is 16.7. The van der Waals surface area contributed by atoms with Gasteiger partial charge < -0.3 is 25.2 Å². The van der Waals surface area contributed by atoms with Gasteiger partial charge in [-0.15, -0.1) is 0 Å². The Labute approximate surface area is 74.3 Å². The maximum atomic E-state index is 9.20. The Morgan fingerprint density at radius 1 is 1.46 bits per heavy atom. The van der Waals surface area contributed by atoms with Crippen molar-refractivity contribution in [3.63, 3.8) is 0 Å². The van der Waals surface area contributed by atoms with Crippen molar-refractivity contribution in [2.75, 3.05) is 6.61 Å². The molecule has 5 atom stereocenters. The van der Waals surface area contributed by atoms with Crippen LogP contribution in [0, 0.1) is 0 Å². The number of nitrogens with two attached hydrogens (primary N) is 1. The molecule has 1 aliphatic heterocycles. The van der Waals surface area contributed by atoms with Gasteiger partial charge in [0.15, 0.2) is 6.29 Å². The minimum atomic E-state index is -1.46. The highest BCUT2D eigenvalue weighted by molar-refractivity contribution is 4.90.